The van der Waals surface area contributed by atoms with E-state index in [1.165, 1.54) is 21.3 Å². The van der Waals surface area contributed by atoms with Crippen LogP contribution in [0.5, 0.6) is 17.2 Å². The van der Waals surface area contributed by atoms with Crippen molar-refractivity contribution in [1.82, 2.24) is 0 Å². The number of rotatable bonds is 8. The minimum absolute atomic E-state index is 0.384. The molecule has 1 amide bonds. The first-order chi connectivity index (χ1) is 15.1. The highest BCUT2D eigenvalue weighted by molar-refractivity contribution is 5.99. The molecule has 0 radical (unpaired) electrons. The van der Waals surface area contributed by atoms with Gasteiger partial charge in [-0.3, -0.25) is 4.79 Å². The topological polar surface area (TPSA) is 83.1 Å². The molecule has 0 aliphatic rings. The van der Waals surface area contributed by atoms with E-state index in [-0.39, 0.29) is 0 Å². The fraction of sp³-hybridized carbons (Fsp3) is 0.167. The molecule has 3 aromatic carbocycles. The van der Waals surface area contributed by atoms with E-state index in [0.29, 0.717) is 28.5 Å². The van der Waals surface area contributed by atoms with Crippen molar-refractivity contribution in [3.05, 3.63) is 72.3 Å². The molecule has 0 unspecified atom stereocenters. The number of ether oxygens (including phenoxy) is 4. The molecule has 1 N–H and O–H groups in total. The number of carbonyl (C=O) groups is 2. The molecule has 160 valence electrons. The van der Waals surface area contributed by atoms with Gasteiger partial charge >= 0.3 is 5.97 Å². The maximum atomic E-state index is 12.6. The summed E-state index contributed by atoms with van der Waals surface area (Å²) in [7, 11) is 4.45. The zero-order valence-electron chi connectivity index (χ0n) is 17.5. The van der Waals surface area contributed by atoms with Crippen molar-refractivity contribution in [2.75, 3.05) is 33.3 Å². The summed E-state index contributed by atoms with van der Waals surface area (Å²) in [4.78, 5) is 25.0. The number of amides is 1. The maximum Gasteiger partial charge on any atom is 0.339 e. The molecule has 3 aromatic rings. The highest BCUT2D eigenvalue weighted by atomic mass is 16.5. The Morgan fingerprint density at radius 1 is 0.806 bits per heavy atom. The number of nitrogens with one attached hydrogen (secondary N) is 1. The molecule has 0 fully saturated rings. The molecule has 0 spiro atoms. The largest absolute Gasteiger partial charge is 0.493 e. The first kappa shape index (κ1) is 21.7. The first-order valence-electron chi connectivity index (χ1n) is 9.48. The van der Waals surface area contributed by atoms with Crippen molar-refractivity contribution in [3.8, 4) is 28.4 Å². The van der Waals surface area contributed by atoms with Crippen LogP contribution in [0.3, 0.4) is 0 Å². The summed E-state index contributed by atoms with van der Waals surface area (Å²) in [6.07, 6.45) is 0. The fourth-order valence-corrected chi connectivity index (χ4v) is 3.09. The minimum Gasteiger partial charge on any atom is -0.493 e. The van der Waals surface area contributed by atoms with Crippen LogP contribution in [-0.2, 0) is 9.53 Å². The van der Waals surface area contributed by atoms with Gasteiger partial charge in [-0.2, -0.15) is 0 Å². The van der Waals surface area contributed by atoms with E-state index in [1.54, 1.807) is 24.3 Å². The van der Waals surface area contributed by atoms with Gasteiger partial charge in [0.1, 0.15) is 0 Å². The zero-order valence-corrected chi connectivity index (χ0v) is 17.5. The molecule has 0 aromatic heterocycles. The summed E-state index contributed by atoms with van der Waals surface area (Å²) in [5.74, 6) is 0.114. The molecule has 0 saturated heterocycles. The van der Waals surface area contributed by atoms with Crippen LogP contribution in [0, 0.1) is 0 Å². The third-order valence-electron chi connectivity index (χ3n) is 4.51. The van der Waals surface area contributed by atoms with Crippen molar-refractivity contribution in [1.29, 1.82) is 0 Å². The zero-order chi connectivity index (χ0) is 22.2. The SMILES string of the molecule is COc1cc(NC(=O)COC(=O)c2ccccc2-c2ccccc2)cc(OC)c1OC. The van der Waals surface area contributed by atoms with Crippen LogP contribution in [-0.4, -0.2) is 39.8 Å². The van der Waals surface area contributed by atoms with Gasteiger partial charge in [-0.1, -0.05) is 48.5 Å². The average molecular weight is 421 g/mol. The molecule has 0 aliphatic heterocycles. The molecule has 0 bridgehead atoms. The molecule has 0 aliphatic carbocycles. The summed E-state index contributed by atoms with van der Waals surface area (Å²) >= 11 is 0. The van der Waals surface area contributed by atoms with E-state index in [4.69, 9.17) is 18.9 Å². The lowest BCUT2D eigenvalue weighted by molar-refractivity contribution is -0.119. The number of carbonyl (C=O) groups excluding carboxylic acids is 2. The third-order valence-corrected chi connectivity index (χ3v) is 4.51. The number of methoxy groups -OCH3 is 3. The predicted octanol–water partition coefficient (Wildman–Crippen LogP) is 4.17. The molecule has 31 heavy (non-hydrogen) atoms. The molecule has 0 saturated carbocycles. The van der Waals surface area contributed by atoms with Crippen LogP contribution in [0.25, 0.3) is 11.1 Å². The van der Waals surface area contributed by atoms with Crippen molar-refractivity contribution in [2.45, 2.75) is 0 Å². The predicted molar refractivity (Wildman–Crippen MR) is 117 cm³/mol. The molecule has 0 atom stereocenters. The first-order valence-corrected chi connectivity index (χ1v) is 9.48. The van der Waals surface area contributed by atoms with Gasteiger partial charge in [0.05, 0.1) is 26.9 Å². The van der Waals surface area contributed by atoms with Gasteiger partial charge in [0.2, 0.25) is 5.75 Å². The normalized spacial score (nSPS) is 10.2. The van der Waals surface area contributed by atoms with Crippen LogP contribution in [0.4, 0.5) is 5.69 Å². The van der Waals surface area contributed by atoms with Crippen LogP contribution in [0.2, 0.25) is 0 Å². The monoisotopic (exact) mass is 421 g/mol. The lowest BCUT2D eigenvalue weighted by Gasteiger charge is -2.15. The van der Waals surface area contributed by atoms with Crippen LogP contribution >= 0.6 is 0 Å². The summed E-state index contributed by atoms with van der Waals surface area (Å²) in [5, 5.41) is 2.66. The van der Waals surface area contributed by atoms with Gasteiger partial charge in [0.15, 0.2) is 18.1 Å². The van der Waals surface area contributed by atoms with Crippen LogP contribution in [0.15, 0.2) is 66.7 Å². The van der Waals surface area contributed by atoms with E-state index in [0.717, 1.165) is 11.1 Å². The highest BCUT2D eigenvalue weighted by Gasteiger charge is 2.17. The van der Waals surface area contributed by atoms with Gasteiger partial charge in [-0.05, 0) is 17.2 Å². The second-order valence-corrected chi connectivity index (χ2v) is 6.45. The van der Waals surface area contributed by atoms with Gasteiger partial charge < -0.3 is 24.3 Å². The minimum atomic E-state index is -0.584. The lowest BCUT2D eigenvalue weighted by Crippen LogP contribution is -2.21. The van der Waals surface area contributed by atoms with Gasteiger partial charge in [-0.15, -0.1) is 0 Å². The second kappa shape index (κ2) is 10.2. The van der Waals surface area contributed by atoms with E-state index < -0.39 is 18.5 Å². The molecule has 3 rings (SSSR count). The molecule has 0 heterocycles. The van der Waals surface area contributed by atoms with E-state index in [1.807, 2.05) is 42.5 Å². The quantitative estimate of drug-likeness (QED) is 0.550. The Bertz CT molecular complexity index is 1040. The number of anilines is 1. The van der Waals surface area contributed by atoms with Gasteiger partial charge in [0, 0.05) is 17.8 Å². The second-order valence-electron chi connectivity index (χ2n) is 6.45. The Morgan fingerprint density at radius 2 is 1.42 bits per heavy atom. The van der Waals surface area contributed by atoms with Gasteiger partial charge in [-0.25, -0.2) is 4.79 Å². The third kappa shape index (κ3) is 5.14. The van der Waals surface area contributed by atoms with E-state index in [2.05, 4.69) is 5.32 Å². The highest BCUT2D eigenvalue weighted by Crippen LogP contribution is 2.39. The smallest absolute Gasteiger partial charge is 0.339 e. The average Bonchev–Trinajstić information content (AvgIpc) is 2.82. The Morgan fingerprint density at radius 3 is 2.03 bits per heavy atom. The summed E-state index contributed by atoms with van der Waals surface area (Å²) in [6, 6.07) is 19.8. The standard InChI is InChI=1S/C24H23NO6/c1-28-20-13-17(14-21(29-2)23(20)30-3)25-22(26)15-31-24(27)19-12-8-7-11-18(19)16-9-5-4-6-10-16/h4-14H,15H2,1-3H3,(H,25,26). The molecular weight excluding hydrogens is 398 g/mol. The van der Waals surface area contributed by atoms with Gasteiger partial charge in [0.25, 0.3) is 5.91 Å². The Balaban J connectivity index is 1.69. The number of hydrogen-bond donors (Lipinski definition) is 1. The Hall–Kier alpha value is -4.00. The summed E-state index contributed by atoms with van der Waals surface area (Å²) < 4.78 is 21.0. The Labute approximate surface area is 180 Å². The summed E-state index contributed by atoms with van der Waals surface area (Å²) in [6.45, 7) is -0.446. The molecule has 7 heteroatoms. The van der Waals surface area contributed by atoms with E-state index in [9.17, 15) is 9.59 Å². The number of hydrogen-bond acceptors (Lipinski definition) is 6. The van der Waals surface area contributed by atoms with E-state index >= 15 is 0 Å². The van der Waals surface area contributed by atoms with Crippen LogP contribution in [0.1, 0.15) is 10.4 Å². The van der Waals surface area contributed by atoms with Crippen molar-refractivity contribution < 1.29 is 28.5 Å². The van der Waals surface area contributed by atoms with Crippen molar-refractivity contribution >= 4 is 17.6 Å². The van der Waals surface area contributed by atoms with Crippen molar-refractivity contribution in [2.24, 2.45) is 0 Å². The number of esters is 1. The number of benzene rings is 3. The molecular formula is C24H23NO6. The lowest BCUT2D eigenvalue weighted by atomic mass is 10.00. The van der Waals surface area contributed by atoms with Crippen LogP contribution < -0.4 is 19.5 Å². The Kier molecular flexibility index (Phi) is 7.11. The van der Waals surface area contributed by atoms with Crippen molar-refractivity contribution in [3.63, 3.8) is 0 Å². The molecule has 7 nitrogen and oxygen atoms in total. The summed E-state index contributed by atoms with van der Waals surface area (Å²) in [5.41, 5.74) is 2.42. The maximum absolute atomic E-state index is 12.6. The fourth-order valence-electron chi connectivity index (χ4n) is 3.09.